The summed E-state index contributed by atoms with van der Waals surface area (Å²) in [5.41, 5.74) is 0.339. The van der Waals surface area contributed by atoms with E-state index in [0.29, 0.717) is 12.5 Å². The zero-order valence-electron chi connectivity index (χ0n) is 13.8. The molecule has 1 aliphatic carbocycles. The van der Waals surface area contributed by atoms with Crippen molar-refractivity contribution in [3.05, 3.63) is 34.5 Å². The van der Waals surface area contributed by atoms with Crippen LogP contribution in [0.15, 0.2) is 23.2 Å². The lowest BCUT2D eigenvalue weighted by Crippen LogP contribution is -2.12. The SMILES string of the molecule is Cn1ncc(C(=O)c2ccc(S(C)(=O)=O)c(NCC3CC3)c2Cl)c1O. The van der Waals surface area contributed by atoms with Gasteiger partial charge in [0.05, 0.1) is 21.8 Å². The Morgan fingerprint density at radius 3 is 2.60 bits per heavy atom. The van der Waals surface area contributed by atoms with Crippen LogP contribution in [0.1, 0.15) is 28.8 Å². The molecule has 0 radical (unpaired) electrons. The second-order valence-corrected chi connectivity index (χ2v) is 8.59. The number of halogens is 1. The van der Waals surface area contributed by atoms with Gasteiger partial charge >= 0.3 is 0 Å². The molecule has 7 nitrogen and oxygen atoms in total. The van der Waals surface area contributed by atoms with Crippen molar-refractivity contribution in [3.63, 3.8) is 0 Å². The molecule has 2 N–H and O–H groups in total. The van der Waals surface area contributed by atoms with E-state index in [9.17, 15) is 18.3 Å². The van der Waals surface area contributed by atoms with Crippen LogP contribution >= 0.6 is 11.6 Å². The summed E-state index contributed by atoms with van der Waals surface area (Å²) in [4.78, 5) is 12.7. The predicted octanol–water partition coefficient (Wildman–Crippen LogP) is 2.24. The minimum atomic E-state index is -3.52. The fourth-order valence-corrected chi connectivity index (χ4v) is 3.75. The Bertz CT molecular complexity index is 949. The van der Waals surface area contributed by atoms with Gasteiger partial charge in [-0.3, -0.25) is 4.79 Å². The number of anilines is 1. The summed E-state index contributed by atoms with van der Waals surface area (Å²) in [5.74, 6) is -0.309. The lowest BCUT2D eigenvalue weighted by atomic mass is 10.0. The highest BCUT2D eigenvalue weighted by Crippen LogP contribution is 2.37. The minimum Gasteiger partial charge on any atom is -0.493 e. The van der Waals surface area contributed by atoms with E-state index >= 15 is 0 Å². The number of ketones is 1. The Morgan fingerprint density at radius 1 is 1.40 bits per heavy atom. The smallest absolute Gasteiger partial charge is 0.220 e. The second-order valence-electron chi connectivity index (χ2n) is 6.23. The van der Waals surface area contributed by atoms with Crippen molar-refractivity contribution in [2.24, 2.45) is 13.0 Å². The normalized spacial score (nSPS) is 14.5. The van der Waals surface area contributed by atoms with Gasteiger partial charge in [-0.05, 0) is 30.9 Å². The summed E-state index contributed by atoms with van der Waals surface area (Å²) in [7, 11) is -2.02. The average Bonchev–Trinajstić information content (AvgIpc) is 3.30. The standard InChI is InChI=1S/C16H18ClN3O4S/c1-20-16(22)11(8-19-20)15(21)10-5-6-12(25(2,23)24)14(13(10)17)18-7-9-3-4-9/h5-6,8-9,18,22H,3-4,7H2,1-2H3. The van der Waals surface area contributed by atoms with Crippen molar-refractivity contribution in [1.29, 1.82) is 0 Å². The van der Waals surface area contributed by atoms with Crippen LogP contribution in [0.3, 0.4) is 0 Å². The Balaban J connectivity index is 2.06. The van der Waals surface area contributed by atoms with E-state index in [0.717, 1.165) is 23.8 Å². The molecule has 1 heterocycles. The van der Waals surface area contributed by atoms with Gasteiger partial charge in [-0.1, -0.05) is 11.6 Å². The van der Waals surface area contributed by atoms with Crippen LogP contribution in [-0.4, -0.2) is 41.9 Å². The third-order valence-electron chi connectivity index (χ3n) is 4.16. The molecule has 9 heteroatoms. The first-order chi connectivity index (χ1) is 11.7. The molecule has 0 bridgehead atoms. The highest BCUT2D eigenvalue weighted by molar-refractivity contribution is 7.90. The van der Waals surface area contributed by atoms with E-state index in [1.54, 1.807) is 0 Å². The molecule has 25 heavy (non-hydrogen) atoms. The Labute approximate surface area is 150 Å². The van der Waals surface area contributed by atoms with Crippen LogP contribution in [0, 0.1) is 5.92 Å². The first-order valence-electron chi connectivity index (χ1n) is 7.72. The van der Waals surface area contributed by atoms with Gasteiger partial charge in [0.25, 0.3) is 0 Å². The van der Waals surface area contributed by atoms with E-state index in [1.807, 2.05) is 0 Å². The maximum absolute atomic E-state index is 12.7. The van der Waals surface area contributed by atoms with Crippen LogP contribution in [0.5, 0.6) is 5.88 Å². The van der Waals surface area contributed by atoms with Gasteiger partial charge in [0.15, 0.2) is 9.84 Å². The number of nitrogens with one attached hydrogen (secondary N) is 1. The zero-order valence-corrected chi connectivity index (χ0v) is 15.4. The van der Waals surface area contributed by atoms with Gasteiger partial charge < -0.3 is 10.4 Å². The fourth-order valence-electron chi connectivity index (χ4n) is 2.51. The molecular formula is C16H18ClN3O4S. The molecule has 1 saturated carbocycles. The quantitative estimate of drug-likeness (QED) is 0.742. The minimum absolute atomic E-state index is 0.00430. The number of nitrogens with zero attached hydrogens (tertiary/aromatic N) is 2. The molecule has 0 saturated heterocycles. The third kappa shape index (κ3) is 3.50. The molecule has 0 aliphatic heterocycles. The first-order valence-corrected chi connectivity index (χ1v) is 9.99. The average molecular weight is 384 g/mol. The third-order valence-corrected chi connectivity index (χ3v) is 5.70. The van der Waals surface area contributed by atoms with E-state index < -0.39 is 15.6 Å². The van der Waals surface area contributed by atoms with Gasteiger partial charge in [0.1, 0.15) is 5.56 Å². The van der Waals surface area contributed by atoms with E-state index in [-0.39, 0.29) is 32.6 Å². The van der Waals surface area contributed by atoms with E-state index in [4.69, 9.17) is 11.6 Å². The molecule has 0 unspecified atom stereocenters. The lowest BCUT2D eigenvalue weighted by Gasteiger charge is -2.15. The molecule has 1 aromatic carbocycles. The Hall–Kier alpha value is -2.06. The maximum Gasteiger partial charge on any atom is 0.220 e. The maximum atomic E-state index is 12.7. The highest BCUT2D eigenvalue weighted by Gasteiger charge is 2.27. The van der Waals surface area contributed by atoms with Gasteiger partial charge in [-0.15, -0.1) is 0 Å². The van der Waals surface area contributed by atoms with E-state index in [1.165, 1.54) is 25.4 Å². The fraction of sp³-hybridized carbons (Fsp3) is 0.375. The van der Waals surface area contributed by atoms with Crippen LogP contribution in [0.25, 0.3) is 0 Å². The monoisotopic (exact) mass is 383 g/mol. The molecule has 2 aromatic rings. The molecule has 0 amide bonds. The largest absolute Gasteiger partial charge is 0.493 e. The second kappa shape index (κ2) is 6.34. The molecule has 1 fully saturated rings. The summed E-state index contributed by atoms with van der Waals surface area (Å²) in [6.07, 6.45) is 4.51. The molecule has 3 rings (SSSR count). The number of carbonyl (C=O) groups is 1. The van der Waals surface area contributed by atoms with Crippen molar-refractivity contribution >= 4 is 32.9 Å². The zero-order chi connectivity index (χ0) is 18.4. The number of aromatic hydroxyl groups is 1. The number of carbonyl (C=O) groups excluding carboxylic acids is 1. The van der Waals surface area contributed by atoms with Gasteiger partial charge in [0, 0.05) is 25.4 Å². The van der Waals surface area contributed by atoms with Crippen LogP contribution in [-0.2, 0) is 16.9 Å². The van der Waals surface area contributed by atoms with Crippen molar-refractivity contribution in [2.75, 3.05) is 18.1 Å². The van der Waals surface area contributed by atoms with Crippen LogP contribution < -0.4 is 5.32 Å². The van der Waals surface area contributed by atoms with Gasteiger partial charge in [-0.2, -0.15) is 5.10 Å². The molecule has 0 atom stereocenters. The number of hydrogen-bond acceptors (Lipinski definition) is 6. The topological polar surface area (TPSA) is 101 Å². The van der Waals surface area contributed by atoms with Crippen molar-refractivity contribution in [1.82, 2.24) is 9.78 Å². The summed E-state index contributed by atoms with van der Waals surface area (Å²) < 4.78 is 25.2. The van der Waals surface area contributed by atoms with Crippen LogP contribution in [0.2, 0.25) is 5.02 Å². The molecule has 134 valence electrons. The number of hydrogen-bond donors (Lipinski definition) is 2. The van der Waals surface area contributed by atoms with Crippen molar-refractivity contribution in [3.8, 4) is 5.88 Å². The number of aromatic nitrogens is 2. The Morgan fingerprint density at radius 2 is 2.08 bits per heavy atom. The molecular weight excluding hydrogens is 366 g/mol. The molecule has 0 spiro atoms. The van der Waals surface area contributed by atoms with Gasteiger partial charge in [-0.25, -0.2) is 13.1 Å². The Kier molecular flexibility index (Phi) is 4.51. The molecule has 1 aliphatic rings. The number of sulfone groups is 1. The van der Waals surface area contributed by atoms with E-state index in [2.05, 4.69) is 10.4 Å². The summed E-state index contributed by atoms with van der Waals surface area (Å²) in [5, 5.41) is 16.8. The van der Waals surface area contributed by atoms with Crippen LogP contribution in [0.4, 0.5) is 5.69 Å². The van der Waals surface area contributed by atoms with Gasteiger partial charge in [0.2, 0.25) is 11.7 Å². The van der Waals surface area contributed by atoms with Crippen molar-refractivity contribution in [2.45, 2.75) is 17.7 Å². The summed E-state index contributed by atoms with van der Waals surface area (Å²) >= 11 is 6.37. The molecule has 1 aromatic heterocycles. The first kappa shape index (κ1) is 17.8. The summed E-state index contributed by atoms with van der Waals surface area (Å²) in [6, 6.07) is 2.72. The highest BCUT2D eigenvalue weighted by atomic mass is 35.5. The number of rotatable bonds is 6. The lowest BCUT2D eigenvalue weighted by molar-refractivity contribution is 0.103. The predicted molar refractivity (Wildman–Crippen MR) is 94.1 cm³/mol. The summed E-state index contributed by atoms with van der Waals surface area (Å²) in [6.45, 7) is 0.595. The van der Waals surface area contributed by atoms with Crippen molar-refractivity contribution < 1.29 is 18.3 Å². The number of aryl methyl sites for hydroxylation is 1. The number of benzene rings is 1.